The second kappa shape index (κ2) is 10.6. The van der Waals surface area contributed by atoms with E-state index in [9.17, 15) is 9.59 Å². The molecule has 1 aromatic carbocycles. The van der Waals surface area contributed by atoms with Crippen molar-refractivity contribution >= 4 is 23.2 Å². The lowest BCUT2D eigenvalue weighted by atomic mass is 10.0. The minimum atomic E-state index is -0.0826. The summed E-state index contributed by atoms with van der Waals surface area (Å²) < 4.78 is 6.17. The van der Waals surface area contributed by atoms with Gasteiger partial charge in [-0.25, -0.2) is 4.98 Å². The fourth-order valence-electron chi connectivity index (χ4n) is 3.81. The lowest BCUT2D eigenvalue weighted by molar-refractivity contribution is 0.0568. The van der Waals surface area contributed by atoms with Crippen LogP contribution in [0.15, 0.2) is 35.2 Å². The van der Waals surface area contributed by atoms with Gasteiger partial charge in [0.25, 0.3) is 11.8 Å². The Morgan fingerprint density at radius 1 is 1.23 bits per heavy atom. The molecule has 2 amide bonds. The Morgan fingerprint density at radius 2 is 2.00 bits per heavy atom. The molecular weight excluding hydrogens is 398 g/mol. The summed E-state index contributed by atoms with van der Waals surface area (Å²) in [4.78, 5) is 34.1. The summed E-state index contributed by atoms with van der Waals surface area (Å²) in [6.07, 6.45) is 3.57. The molecule has 0 bridgehead atoms. The molecule has 1 aliphatic heterocycles. The number of carbonyl (C=O) groups is 2. The molecule has 0 fully saturated rings. The van der Waals surface area contributed by atoms with E-state index in [-0.39, 0.29) is 17.9 Å². The maximum absolute atomic E-state index is 13.2. The average Bonchev–Trinajstić information content (AvgIpc) is 3.27. The van der Waals surface area contributed by atoms with Crippen LogP contribution in [0.4, 0.5) is 0 Å². The molecule has 0 unspecified atom stereocenters. The predicted octanol–water partition coefficient (Wildman–Crippen LogP) is 4.33. The minimum absolute atomic E-state index is 0.0272. The molecule has 0 aliphatic carbocycles. The van der Waals surface area contributed by atoms with Gasteiger partial charge in [0.2, 0.25) is 0 Å². The molecule has 0 spiro atoms. The van der Waals surface area contributed by atoms with Crippen LogP contribution in [-0.4, -0.2) is 59.4 Å². The highest BCUT2D eigenvalue weighted by Gasteiger charge is 2.28. The van der Waals surface area contributed by atoms with Crippen molar-refractivity contribution in [2.45, 2.75) is 45.6 Å². The van der Waals surface area contributed by atoms with Crippen LogP contribution in [0.1, 0.15) is 60.4 Å². The summed E-state index contributed by atoms with van der Waals surface area (Å²) >= 11 is 1.43. The number of thiazole rings is 1. The third-order valence-electron chi connectivity index (χ3n) is 5.38. The number of fused-ring (bicyclic) bond motifs is 1. The van der Waals surface area contributed by atoms with Gasteiger partial charge in [0.05, 0.1) is 17.1 Å². The number of ether oxygens (including phenoxy) is 1. The van der Waals surface area contributed by atoms with Gasteiger partial charge < -0.3 is 14.5 Å². The average molecular weight is 430 g/mol. The number of hydrogen-bond donors (Lipinski definition) is 0. The molecule has 2 heterocycles. The molecule has 1 aliphatic rings. The Bertz CT molecular complexity index is 838. The molecule has 6 nitrogen and oxygen atoms in total. The van der Waals surface area contributed by atoms with Gasteiger partial charge in [0.1, 0.15) is 18.1 Å². The van der Waals surface area contributed by atoms with Gasteiger partial charge in [-0.1, -0.05) is 26.0 Å². The lowest BCUT2D eigenvalue weighted by Gasteiger charge is -2.32. The van der Waals surface area contributed by atoms with Gasteiger partial charge in [-0.05, 0) is 43.7 Å². The second-order valence-corrected chi connectivity index (χ2v) is 8.97. The van der Waals surface area contributed by atoms with Crippen molar-refractivity contribution < 1.29 is 14.3 Å². The molecule has 30 heavy (non-hydrogen) atoms. The van der Waals surface area contributed by atoms with E-state index in [0.29, 0.717) is 42.6 Å². The van der Waals surface area contributed by atoms with E-state index in [1.165, 1.54) is 11.3 Å². The standard InChI is InChI=1S/C23H31N3O3S/c1-17(2)13-18-14-29-21-10-6-5-9-19(21)22(27)25(3)11-7-4-8-12-26(18)23(28)20-15-30-16-24-20/h5-6,9-10,15-18H,4,7-8,11-14H2,1-3H3/t18-/m0/s1. The summed E-state index contributed by atoms with van der Waals surface area (Å²) in [7, 11) is 1.83. The smallest absolute Gasteiger partial charge is 0.273 e. The minimum Gasteiger partial charge on any atom is -0.491 e. The molecule has 7 heteroatoms. The zero-order valence-electron chi connectivity index (χ0n) is 18.0. The quantitative estimate of drug-likeness (QED) is 0.728. The summed E-state index contributed by atoms with van der Waals surface area (Å²) in [5.74, 6) is 0.911. The van der Waals surface area contributed by atoms with Crippen molar-refractivity contribution in [3.63, 3.8) is 0 Å². The Labute approximate surface area is 182 Å². The van der Waals surface area contributed by atoms with Crippen LogP contribution in [0.5, 0.6) is 5.75 Å². The molecule has 0 saturated carbocycles. The molecule has 0 radical (unpaired) electrons. The number of rotatable bonds is 3. The number of aromatic nitrogens is 1. The molecular formula is C23H31N3O3S. The molecule has 162 valence electrons. The zero-order chi connectivity index (χ0) is 21.5. The van der Waals surface area contributed by atoms with Crippen LogP contribution >= 0.6 is 11.3 Å². The monoisotopic (exact) mass is 429 g/mol. The highest BCUT2D eigenvalue weighted by atomic mass is 32.1. The van der Waals surface area contributed by atoms with Gasteiger partial charge in [-0.2, -0.15) is 0 Å². The van der Waals surface area contributed by atoms with Gasteiger partial charge in [-0.15, -0.1) is 11.3 Å². The fraction of sp³-hybridized carbons (Fsp3) is 0.522. The van der Waals surface area contributed by atoms with E-state index < -0.39 is 0 Å². The Kier molecular flexibility index (Phi) is 7.85. The van der Waals surface area contributed by atoms with Gasteiger partial charge in [0, 0.05) is 25.5 Å². The number of benzene rings is 1. The Hall–Kier alpha value is -2.41. The molecule has 0 saturated heterocycles. The van der Waals surface area contributed by atoms with Crippen LogP contribution in [0.3, 0.4) is 0 Å². The first-order chi connectivity index (χ1) is 14.5. The summed E-state index contributed by atoms with van der Waals surface area (Å²) in [5, 5.41) is 1.81. The maximum atomic E-state index is 13.2. The molecule has 1 atom stereocenters. The second-order valence-electron chi connectivity index (χ2n) is 8.25. The molecule has 1 aromatic heterocycles. The van der Waals surface area contributed by atoms with E-state index in [1.807, 2.05) is 36.2 Å². The van der Waals surface area contributed by atoms with Crippen molar-refractivity contribution in [1.82, 2.24) is 14.8 Å². The first-order valence-corrected chi connectivity index (χ1v) is 11.6. The summed E-state index contributed by atoms with van der Waals surface area (Å²) in [5.41, 5.74) is 2.76. The zero-order valence-corrected chi connectivity index (χ0v) is 18.9. The van der Waals surface area contributed by atoms with Crippen molar-refractivity contribution in [1.29, 1.82) is 0 Å². The van der Waals surface area contributed by atoms with Crippen LogP contribution in [0.2, 0.25) is 0 Å². The van der Waals surface area contributed by atoms with Gasteiger partial charge in [0.15, 0.2) is 0 Å². The Morgan fingerprint density at radius 3 is 2.73 bits per heavy atom. The van der Waals surface area contributed by atoms with Crippen LogP contribution in [0.25, 0.3) is 0 Å². The molecule has 2 aromatic rings. The van der Waals surface area contributed by atoms with Gasteiger partial charge in [-0.3, -0.25) is 9.59 Å². The SMILES string of the molecule is CC(C)C[C@H]1COc2ccccc2C(=O)N(C)CCCCCN1C(=O)c1cscn1. The Balaban J connectivity index is 1.91. The number of hydrogen-bond acceptors (Lipinski definition) is 5. The first kappa shape index (κ1) is 22.3. The third kappa shape index (κ3) is 5.59. The third-order valence-corrected chi connectivity index (χ3v) is 5.97. The highest BCUT2D eigenvalue weighted by molar-refractivity contribution is 7.07. The molecule has 3 rings (SSSR count). The van der Waals surface area contributed by atoms with Gasteiger partial charge >= 0.3 is 0 Å². The number of nitrogens with zero attached hydrogens (tertiary/aromatic N) is 3. The lowest BCUT2D eigenvalue weighted by Crippen LogP contribution is -2.45. The number of para-hydroxylation sites is 1. The largest absolute Gasteiger partial charge is 0.491 e. The van der Waals surface area contributed by atoms with E-state index in [2.05, 4.69) is 18.8 Å². The van der Waals surface area contributed by atoms with E-state index in [1.54, 1.807) is 15.8 Å². The van der Waals surface area contributed by atoms with Crippen LogP contribution in [0, 0.1) is 5.92 Å². The predicted molar refractivity (Wildman–Crippen MR) is 119 cm³/mol. The summed E-state index contributed by atoms with van der Waals surface area (Å²) in [6.45, 7) is 6.00. The van der Waals surface area contributed by atoms with Crippen molar-refractivity contribution in [2.75, 3.05) is 26.7 Å². The fourth-order valence-corrected chi connectivity index (χ4v) is 4.34. The highest BCUT2D eigenvalue weighted by Crippen LogP contribution is 2.23. The maximum Gasteiger partial charge on any atom is 0.273 e. The van der Waals surface area contributed by atoms with Crippen molar-refractivity contribution in [3.8, 4) is 5.75 Å². The van der Waals surface area contributed by atoms with Crippen LogP contribution < -0.4 is 4.74 Å². The molecule has 0 N–H and O–H groups in total. The van der Waals surface area contributed by atoms with E-state index in [0.717, 1.165) is 25.7 Å². The number of carbonyl (C=O) groups excluding carboxylic acids is 2. The topological polar surface area (TPSA) is 62.7 Å². The number of amides is 2. The van der Waals surface area contributed by atoms with E-state index in [4.69, 9.17) is 4.74 Å². The van der Waals surface area contributed by atoms with E-state index >= 15 is 0 Å². The van der Waals surface area contributed by atoms with Crippen molar-refractivity contribution in [2.24, 2.45) is 5.92 Å². The van der Waals surface area contributed by atoms with Crippen molar-refractivity contribution in [3.05, 3.63) is 46.4 Å². The summed E-state index contributed by atoms with van der Waals surface area (Å²) in [6, 6.07) is 7.29. The van der Waals surface area contributed by atoms with Crippen LogP contribution in [-0.2, 0) is 0 Å². The normalized spacial score (nSPS) is 18.8. The first-order valence-electron chi connectivity index (χ1n) is 10.6.